The van der Waals surface area contributed by atoms with Gasteiger partial charge in [-0.1, -0.05) is 0 Å². The molecule has 0 aliphatic heterocycles. The molecule has 14 heavy (non-hydrogen) atoms. The molecule has 3 heteroatoms. The number of unbranched alkanes of at least 4 members (excludes halogenated alkanes) is 1. The van der Waals surface area contributed by atoms with Crippen LogP contribution < -0.4 is 5.32 Å². The van der Waals surface area contributed by atoms with Gasteiger partial charge in [0.25, 0.3) is 0 Å². The average molecular weight is 217 g/mol. The van der Waals surface area contributed by atoms with E-state index in [-0.39, 0.29) is 0 Å². The van der Waals surface area contributed by atoms with Crippen molar-refractivity contribution in [1.29, 1.82) is 0 Å². The van der Waals surface area contributed by atoms with Gasteiger partial charge in [0.05, 0.1) is 6.10 Å². The van der Waals surface area contributed by atoms with Gasteiger partial charge in [-0.3, -0.25) is 0 Å². The van der Waals surface area contributed by atoms with Crippen LogP contribution in [-0.2, 0) is 4.74 Å². The summed E-state index contributed by atoms with van der Waals surface area (Å²) in [6.07, 6.45) is 9.12. The third kappa shape index (κ3) is 4.20. The number of hydrogen-bond donors (Lipinski definition) is 1. The van der Waals surface area contributed by atoms with Crippen molar-refractivity contribution in [2.45, 2.75) is 44.2 Å². The van der Waals surface area contributed by atoms with Crippen molar-refractivity contribution in [3.05, 3.63) is 0 Å². The van der Waals surface area contributed by atoms with E-state index in [2.05, 4.69) is 11.6 Å². The zero-order valence-corrected chi connectivity index (χ0v) is 10.2. The Kier molecular flexibility index (Phi) is 6.65. The SMILES string of the molecule is COC1CCCC1NCCCCSC. The summed E-state index contributed by atoms with van der Waals surface area (Å²) in [5.41, 5.74) is 0. The Balaban J connectivity index is 2.00. The highest BCUT2D eigenvalue weighted by atomic mass is 32.2. The van der Waals surface area contributed by atoms with Crippen molar-refractivity contribution in [2.24, 2.45) is 0 Å². The van der Waals surface area contributed by atoms with Crippen molar-refractivity contribution in [2.75, 3.05) is 25.7 Å². The van der Waals surface area contributed by atoms with Gasteiger partial charge in [0.2, 0.25) is 0 Å². The van der Waals surface area contributed by atoms with Gasteiger partial charge < -0.3 is 10.1 Å². The number of thioether (sulfide) groups is 1. The van der Waals surface area contributed by atoms with Gasteiger partial charge in [-0.05, 0) is 50.7 Å². The first kappa shape index (κ1) is 12.3. The fourth-order valence-electron chi connectivity index (χ4n) is 2.10. The molecule has 1 aliphatic carbocycles. The van der Waals surface area contributed by atoms with Crippen LogP contribution in [0.3, 0.4) is 0 Å². The van der Waals surface area contributed by atoms with Crippen molar-refractivity contribution >= 4 is 11.8 Å². The van der Waals surface area contributed by atoms with Crippen LogP contribution in [0, 0.1) is 0 Å². The Morgan fingerprint density at radius 3 is 2.93 bits per heavy atom. The highest BCUT2D eigenvalue weighted by molar-refractivity contribution is 7.98. The Morgan fingerprint density at radius 2 is 2.21 bits per heavy atom. The minimum atomic E-state index is 0.468. The zero-order chi connectivity index (χ0) is 10.2. The van der Waals surface area contributed by atoms with E-state index >= 15 is 0 Å². The largest absolute Gasteiger partial charge is 0.380 e. The standard InChI is InChI=1S/C11H23NOS/c1-13-11-7-5-6-10(11)12-8-3-4-9-14-2/h10-12H,3-9H2,1-2H3. The summed E-state index contributed by atoms with van der Waals surface area (Å²) in [5.74, 6) is 1.29. The molecule has 1 fully saturated rings. The third-order valence-corrected chi connectivity index (χ3v) is 3.63. The van der Waals surface area contributed by atoms with E-state index in [1.54, 1.807) is 0 Å². The van der Waals surface area contributed by atoms with Gasteiger partial charge in [-0.2, -0.15) is 11.8 Å². The van der Waals surface area contributed by atoms with E-state index in [0.717, 1.165) is 6.54 Å². The van der Waals surface area contributed by atoms with Crippen molar-refractivity contribution in [3.63, 3.8) is 0 Å². The smallest absolute Gasteiger partial charge is 0.0724 e. The Bertz CT molecular complexity index is 143. The first-order valence-corrected chi connectivity index (χ1v) is 7.03. The molecule has 0 radical (unpaired) electrons. The van der Waals surface area contributed by atoms with Crippen molar-refractivity contribution in [1.82, 2.24) is 5.32 Å². The normalized spacial score (nSPS) is 27.0. The summed E-state index contributed by atoms with van der Waals surface area (Å²) < 4.78 is 5.44. The second kappa shape index (κ2) is 7.55. The number of rotatable bonds is 7. The van der Waals surface area contributed by atoms with Gasteiger partial charge in [0, 0.05) is 13.2 Å². The molecule has 1 saturated carbocycles. The van der Waals surface area contributed by atoms with Crippen LogP contribution in [-0.4, -0.2) is 37.8 Å². The molecule has 0 aromatic carbocycles. The minimum absolute atomic E-state index is 0.468. The van der Waals surface area contributed by atoms with E-state index in [9.17, 15) is 0 Å². The van der Waals surface area contributed by atoms with Gasteiger partial charge in [0.15, 0.2) is 0 Å². The van der Waals surface area contributed by atoms with E-state index in [1.807, 2.05) is 18.9 Å². The van der Waals surface area contributed by atoms with Crippen LogP contribution in [0.5, 0.6) is 0 Å². The molecular weight excluding hydrogens is 194 g/mol. The molecule has 0 aromatic heterocycles. The lowest BCUT2D eigenvalue weighted by Gasteiger charge is -2.19. The highest BCUT2D eigenvalue weighted by Crippen LogP contribution is 2.21. The van der Waals surface area contributed by atoms with Crippen LogP contribution in [0.25, 0.3) is 0 Å². The van der Waals surface area contributed by atoms with Crippen LogP contribution in [0.4, 0.5) is 0 Å². The Hall–Kier alpha value is 0.270. The topological polar surface area (TPSA) is 21.3 Å². The van der Waals surface area contributed by atoms with Crippen LogP contribution in [0.15, 0.2) is 0 Å². The lowest BCUT2D eigenvalue weighted by Crippen LogP contribution is -2.37. The molecule has 2 unspecified atom stereocenters. The van der Waals surface area contributed by atoms with Crippen molar-refractivity contribution in [3.8, 4) is 0 Å². The summed E-state index contributed by atoms with van der Waals surface area (Å²) in [6, 6.07) is 0.620. The average Bonchev–Trinajstić information content (AvgIpc) is 2.65. The molecule has 84 valence electrons. The lowest BCUT2D eigenvalue weighted by molar-refractivity contribution is 0.0852. The Morgan fingerprint density at radius 1 is 1.36 bits per heavy atom. The van der Waals surface area contributed by atoms with Crippen molar-refractivity contribution < 1.29 is 4.74 Å². The summed E-state index contributed by atoms with van der Waals surface area (Å²) >= 11 is 1.94. The Labute approximate surface area is 92.2 Å². The van der Waals surface area contributed by atoms with E-state index in [1.165, 1.54) is 37.9 Å². The molecule has 0 heterocycles. The number of nitrogens with one attached hydrogen (secondary N) is 1. The lowest BCUT2D eigenvalue weighted by atomic mass is 10.2. The van der Waals surface area contributed by atoms with E-state index < -0.39 is 0 Å². The maximum atomic E-state index is 5.44. The molecule has 2 nitrogen and oxygen atoms in total. The molecule has 0 amide bonds. The second-order valence-electron chi connectivity index (χ2n) is 3.97. The van der Waals surface area contributed by atoms with Crippen LogP contribution in [0.1, 0.15) is 32.1 Å². The van der Waals surface area contributed by atoms with E-state index in [4.69, 9.17) is 4.74 Å². The predicted molar refractivity (Wildman–Crippen MR) is 64.1 cm³/mol. The zero-order valence-electron chi connectivity index (χ0n) is 9.42. The maximum absolute atomic E-state index is 5.44. The quantitative estimate of drug-likeness (QED) is 0.661. The molecular formula is C11H23NOS. The molecule has 0 aromatic rings. The first-order chi connectivity index (χ1) is 6.88. The number of ether oxygens (including phenoxy) is 1. The molecule has 0 spiro atoms. The molecule has 1 N–H and O–H groups in total. The summed E-state index contributed by atoms with van der Waals surface area (Å²) in [7, 11) is 1.83. The molecule has 0 bridgehead atoms. The summed E-state index contributed by atoms with van der Waals surface area (Å²) in [5, 5.41) is 3.61. The summed E-state index contributed by atoms with van der Waals surface area (Å²) in [4.78, 5) is 0. The predicted octanol–water partition coefficient (Wildman–Crippen LogP) is 2.29. The number of methoxy groups -OCH3 is 1. The van der Waals surface area contributed by atoms with Gasteiger partial charge in [-0.25, -0.2) is 0 Å². The number of hydrogen-bond acceptors (Lipinski definition) is 3. The molecule has 2 atom stereocenters. The van der Waals surface area contributed by atoms with Gasteiger partial charge >= 0.3 is 0 Å². The third-order valence-electron chi connectivity index (χ3n) is 2.94. The van der Waals surface area contributed by atoms with Crippen LogP contribution >= 0.6 is 11.8 Å². The molecule has 1 aliphatic rings. The maximum Gasteiger partial charge on any atom is 0.0724 e. The van der Waals surface area contributed by atoms with E-state index in [0.29, 0.717) is 12.1 Å². The second-order valence-corrected chi connectivity index (χ2v) is 4.95. The van der Waals surface area contributed by atoms with Gasteiger partial charge in [-0.15, -0.1) is 0 Å². The molecule has 0 saturated heterocycles. The molecule has 1 rings (SSSR count). The fourth-order valence-corrected chi connectivity index (χ4v) is 2.59. The minimum Gasteiger partial charge on any atom is -0.380 e. The summed E-state index contributed by atoms with van der Waals surface area (Å²) in [6.45, 7) is 1.16. The van der Waals surface area contributed by atoms with Crippen LogP contribution in [0.2, 0.25) is 0 Å². The monoisotopic (exact) mass is 217 g/mol. The highest BCUT2D eigenvalue weighted by Gasteiger charge is 2.25. The first-order valence-electron chi connectivity index (χ1n) is 5.63. The fraction of sp³-hybridized carbons (Fsp3) is 1.00. The van der Waals surface area contributed by atoms with Gasteiger partial charge in [0.1, 0.15) is 0 Å².